The number of thioether (sulfide) groups is 1. The summed E-state index contributed by atoms with van der Waals surface area (Å²) in [6.45, 7) is 0. The van der Waals surface area contributed by atoms with Gasteiger partial charge in [-0.1, -0.05) is 24.0 Å². The zero-order valence-electron chi connectivity index (χ0n) is 3.93. The second-order valence-corrected chi connectivity index (χ2v) is 2.78. The van der Waals surface area contributed by atoms with Crippen molar-refractivity contribution in [1.29, 1.82) is 0 Å². The molecule has 1 aliphatic heterocycles. The van der Waals surface area contributed by atoms with Crippen molar-refractivity contribution < 1.29 is 4.79 Å². The number of carbonyl (C=O) groups is 1. The zero-order valence-corrected chi connectivity index (χ0v) is 6.56. The number of carbonyl (C=O) groups excluding carboxylic acids is 1. The number of rotatable bonds is 0. The van der Waals surface area contributed by atoms with E-state index in [1.54, 1.807) is 0 Å². The summed E-state index contributed by atoms with van der Waals surface area (Å²) in [5, 5.41) is 2.47. The Morgan fingerprint density at radius 1 is 1.75 bits per heavy atom. The van der Waals surface area contributed by atoms with Gasteiger partial charge in [0.25, 0.3) is 0 Å². The molecule has 1 N–H and O–H groups in total. The van der Waals surface area contributed by atoms with Crippen molar-refractivity contribution >= 4 is 47.7 Å². The summed E-state index contributed by atoms with van der Waals surface area (Å²) in [6, 6.07) is 0. The van der Waals surface area contributed by atoms with Crippen LogP contribution in [0.3, 0.4) is 0 Å². The molecule has 0 saturated carbocycles. The predicted molar refractivity (Wildman–Crippen MR) is 43.6 cm³/mol. The van der Waals surface area contributed by atoms with Gasteiger partial charge in [-0.25, -0.2) is 0 Å². The smallest absolute Gasteiger partial charge is 0.235 e. The maximum absolute atomic E-state index is 10.2. The van der Waals surface area contributed by atoms with E-state index in [1.807, 2.05) is 0 Å². The molecular weight excluding hydrogens is 162 g/mol. The van der Waals surface area contributed by atoms with E-state index < -0.39 is 0 Å². The highest BCUT2D eigenvalue weighted by Gasteiger charge is 2.13. The molecule has 46 valence electrons. The Hall–Kier alpha value is 0.260. The van der Waals surface area contributed by atoms with Gasteiger partial charge in [0, 0.05) is 0 Å². The van der Waals surface area contributed by atoms with Crippen LogP contribution in [0, 0.1) is 0 Å². The molecule has 0 spiro atoms. The van der Waals surface area contributed by atoms with Crippen LogP contribution < -0.4 is 5.32 Å². The molecule has 0 bridgehead atoms. The van der Waals surface area contributed by atoms with E-state index in [4.69, 9.17) is 0 Å². The minimum absolute atomic E-state index is 0. The van der Waals surface area contributed by atoms with Gasteiger partial charge in [-0.3, -0.25) is 4.79 Å². The Labute approximate surface area is 63.8 Å². The Bertz CT molecular complexity index is 110. The number of thiocarbonyl (C=S) groups is 1. The van der Waals surface area contributed by atoms with Crippen molar-refractivity contribution in [3.05, 3.63) is 0 Å². The first kappa shape index (κ1) is 8.26. The number of nitrogens with one attached hydrogen (secondary N) is 1. The third-order valence-corrected chi connectivity index (χ3v) is 1.80. The molecule has 0 unspecified atom stereocenters. The van der Waals surface area contributed by atoms with Crippen LogP contribution in [0.25, 0.3) is 0 Å². The third-order valence-electron chi connectivity index (χ3n) is 0.576. The monoisotopic (exact) mass is 167 g/mol. The molecule has 0 aromatic carbocycles. The van der Waals surface area contributed by atoms with Crippen molar-refractivity contribution in [3.8, 4) is 0 Å². The minimum Gasteiger partial charge on any atom is -0.311 e. The lowest BCUT2D eigenvalue weighted by molar-refractivity contribution is -0.116. The normalized spacial score (nSPS) is 17.5. The first-order valence-electron chi connectivity index (χ1n) is 1.75. The number of hydrogen-bond donors (Lipinski definition) is 1. The van der Waals surface area contributed by atoms with Crippen molar-refractivity contribution in [1.82, 2.24) is 5.32 Å². The van der Waals surface area contributed by atoms with Crippen LogP contribution in [0.4, 0.5) is 0 Å². The first-order chi connectivity index (χ1) is 3.29. The van der Waals surface area contributed by atoms with E-state index in [0.29, 0.717) is 10.1 Å². The average Bonchev–Trinajstić information content (AvgIpc) is 1.87. The number of amides is 1. The predicted octanol–water partition coefficient (Wildman–Crippen LogP) is 0.247. The Balaban J connectivity index is 0.000000490. The molecule has 1 aliphatic rings. The van der Waals surface area contributed by atoms with E-state index in [-0.39, 0.29) is 19.4 Å². The summed E-state index contributed by atoms with van der Waals surface area (Å²) in [5.74, 6) is 0.522. The average molecular weight is 167 g/mol. The molecular formula is C3H5NOS3. The molecule has 0 atom stereocenters. The van der Waals surface area contributed by atoms with E-state index in [1.165, 1.54) is 11.8 Å². The van der Waals surface area contributed by atoms with Crippen LogP contribution in [-0.2, 0) is 4.79 Å². The molecule has 0 aromatic heterocycles. The molecule has 1 rings (SSSR count). The fourth-order valence-corrected chi connectivity index (χ4v) is 1.13. The molecule has 0 aromatic rings. The van der Waals surface area contributed by atoms with Crippen molar-refractivity contribution in [2.45, 2.75) is 0 Å². The lowest BCUT2D eigenvalue weighted by atomic mass is 10.7. The summed E-state index contributed by atoms with van der Waals surface area (Å²) in [7, 11) is 0. The molecule has 5 heteroatoms. The summed E-state index contributed by atoms with van der Waals surface area (Å²) in [4.78, 5) is 10.2. The summed E-state index contributed by atoms with van der Waals surface area (Å²) >= 11 is 6.00. The second-order valence-electron chi connectivity index (χ2n) is 1.12. The molecule has 2 nitrogen and oxygen atoms in total. The summed E-state index contributed by atoms with van der Waals surface area (Å²) < 4.78 is 0.602. The first-order valence-corrected chi connectivity index (χ1v) is 3.15. The van der Waals surface area contributed by atoms with Crippen molar-refractivity contribution in [3.63, 3.8) is 0 Å². The zero-order chi connectivity index (χ0) is 5.28. The Morgan fingerprint density at radius 2 is 2.38 bits per heavy atom. The van der Waals surface area contributed by atoms with Crippen molar-refractivity contribution in [2.75, 3.05) is 5.75 Å². The van der Waals surface area contributed by atoms with Crippen LogP contribution in [0.15, 0.2) is 0 Å². The molecule has 0 radical (unpaired) electrons. The van der Waals surface area contributed by atoms with E-state index in [0.717, 1.165) is 0 Å². The van der Waals surface area contributed by atoms with E-state index >= 15 is 0 Å². The van der Waals surface area contributed by atoms with Gasteiger partial charge in [0.2, 0.25) is 5.91 Å². The molecule has 1 heterocycles. The highest BCUT2D eigenvalue weighted by Crippen LogP contribution is 2.06. The highest BCUT2D eigenvalue weighted by atomic mass is 32.2. The number of hydrogen-bond acceptors (Lipinski definition) is 3. The van der Waals surface area contributed by atoms with Gasteiger partial charge in [0.1, 0.15) is 4.32 Å². The van der Waals surface area contributed by atoms with Gasteiger partial charge in [-0.2, -0.15) is 13.5 Å². The van der Waals surface area contributed by atoms with Crippen LogP contribution in [0.1, 0.15) is 0 Å². The minimum atomic E-state index is 0. The lowest BCUT2D eigenvalue weighted by Gasteiger charge is -1.81. The highest BCUT2D eigenvalue weighted by molar-refractivity contribution is 8.24. The van der Waals surface area contributed by atoms with Crippen LogP contribution in [0.2, 0.25) is 0 Å². The second kappa shape index (κ2) is 3.32. The van der Waals surface area contributed by atoms with E-state index in [2.05, 4.69) is 17.5 Å². The molecule has 1 amide bonds. The van der Waals surface area contributed by atoms with Gasteiger partial charge in [0.15, 0.2) is 0 Å². The quantitative estimate of drug-likeness (QED) is 0.524. The van der Waals surface area contributed by atoms with Crippen molar-refractivity contribution in [2.24, 2.45) is 0 Å². The Kier molecular flexibility index (Phi) is 3.43. The van der Waals surface area contributed by atoms with Gasteiger partial charge >= 0.3 is 0 Å². The molecule has 1 saturated heterocycles. The maximum atomic E-state index is 10.2. The molecule has 8 heavy (non-hydrogen) atoms. The van der Waals surface area contributed by atoms with Gasteiger partial charge in [0.05, 0.1) is 5.75 Å². The summed E-state index contributed by atoms with van der Waals surface area (Å²) in [6.07, 6.45) is 0. The fourth-order valence-electron chi connectivity index (χ4n) is 0.317. The van der Waals surface area contributed by atoms with Gasteiger partial charge in [-0.15, -0.1) is 0 Å². The van der Waals surface area contributed by atoms with E-state index in [9.17, 15) is 4.79 Å². The Morgan fingerprint density at radius 3 is 2.50 bits per heavy atom. The van der Waals surface area contributed by atoms with Crippen LogP contribution in [-0.4, -0.2) is 16.0 Å². The fraction of sp³-hybridized carbons (Fsp3) is 0.333. The van der Waals surface area contributed by atoms with Crippen LogP contribution in [0.5, 0.6) is 0 Å². The standard InChI is InChI=1S/C3H3NOS2.H2S/c5-2-1-7-3(6)4-2;/h1H2,(H,4,5,6);1H2. The van der Waals surface area contributed by atoms with Crippen LogP contribution >= 0.6 is 37.5 Å². The molecule has 0 aliphatic carbocycles. The molecule has 1 fully saturated rings. The van der Waals surface area contributed by atoms with Gasteiger partial charge < -0.3 is 5.32 Å². The lowest BCUT2D eigenvalue weighted by Crippen LogP contribution is -2.18. The SMILES string of the molecule is O=C1CSC(=S)N1.S. The summed E-state index contributed by atoms with van der Waals surface area (Å²) in [5.41, 5.74) is 0. The third kappa shape index (κ3) is 2.02. The van der Waals surface area contributed by atoms with Gasteiger partial charge in [-0.05, 0) is 0 Å². The largest absolute Gasteiger partial charge is 0.311 e. The maximum Gasteiger partial charge on any atom is 0.235 e. The topological polar surface area (TPSA) is 29.1 Å².